The fourth-order valence-electron chi connectivity index (χ4n) is 2.32. The van der Waals surface area contributed by atoms with Crippen LogP contribution in [0.25, 0.3) is 11.1 Å². The lowest BCUT2D eigenvalue weighted by Crippen LogP contribution is -2.23. The smallest absolute Gasteiger partial charge is 0.238 e. The Morgan fingerprint density at radius 2 is 2.05 bits per heavy atom. The molecule has 2 heterocycles. The molecule has 0 bridgehead atoms. The quantitative estimate of drug-likeness (QED) is 0.728. The Bertz CT molecular complexity index is 784. The second kappa shape index (κ2) is 4.52. The standard InChI is InChI=1S/C15H11BrN2O2/c16-9-4-3-6-11-14(9)20-15(18-11)13-8-17-10-5-1-2-7-12(10)19-13/h1-7,13,17H,8H2. The van der Waals surface area contributed by atoms with Crippen molar-refractivity contribution in [3.8, 4) is 5.75 Å². The fraction of sp³-hybridized carbons (Fsp3) is 0.133. The number of ether oxygens (including phenoxy) is 1. The van der Waals surface area contributed by atoms with E-state index < -0.39 is 0 Å². The topological polar surface area (TPSA) is 47.3 Å². The molecule has 0 spiro atoms. The predicted molar refractivity (Wildman–Crippen MR) is 80.0 cm³/mol. The summed E-state index contributed by atoms with van der Waals surface area (Å²) in [6.45, 7) is 0.640. The molecule has 1 aliphatic rings. The number of aromatic nitrogens is 1. The van der Waals surface area contributed by atoms with Gasteiger partial charge in [-0.1, -0.05) is 18.2 Å². The van der Waals surface area contributed by atoms with Crippen molar-refractivity contribution < 1.29 is 9.15 Å². The summed E-state index contributed by atoms with van der Waals surface area (Å²) in [6.07, 6.45) is -0.218. The molecule has 0 saturated heterocycles. The predicted octanol–water partition coefficient (Wildman–Crippen LogP) is 4.14. The fourth-order valence-corrected chi connectivity index (χ4v) is 2.76. The molecule has 0 fully saturated rings. The Hall–Kier alpha value is -2.01. The van der Waals surface area contributed by atoms with E-state index in [2.05, 4.69) is 26.2 Å². The molecule has 1 N–H and O–H groups in total. The Kier molecular flexibility index (Phi) is 2.67. The Balaban J connectivity index is 1.72. The van der Waals surface area contributed by atoms with Gasteiger partial charge in [-0.15, -0.1) is 0 Å². The van der Waals surface area contributed by atoms with Gasteiger partial charge in [-0.2, -0.15) is 0 Å². The van der Waals surface area contributed by atoms with Crippen molar-refractivity contribution in [3.05, 3.63) is 52.8 Å². The highest BCUT2D eigenvalue weighted by atomic mass is 79.9. The number of anilines is 1. The lowest BCUT2D eigenvalue weighted by atomic mass is 10.2. The molecule has 20 heavy (non-hydrogen) atoms. The van der Waals surface area contributed by atoms with Crippen molar-refractivity contribution in [3.63, 3.8) is 0 Å². The largest absolute Gasteiger partial charge is 0.477 e. The minimum absolute atomic E-state index is 0.218. The van der Waals surface area contributed by atoms with Gasteiger partial charge in [-0.3, -0.25) is 0 Å². The molecule has 1 aromatic heterocycles. The molecule has 100 valence electrons. The van der Waals surface area contributed by atoms with Crippen LogP contribution in [0.15, 0.2) is 51.4 Å². The molecule has 3 aromatic rings. The SMILES string of the molecule is Brc1cccc2nc(C3CNc4ccccc4O3)oc12. The zero-order chi connectivity index (χ0) is 13.5. The Labute approximate surface area is 123 Å². The van der Waals surface area contributed by atoms with E-state index in [4.69, 9.17) is 9.15 Å². The molecule has 4 rings (SSSR count). The minimum atomic E-state index is -0.218. The summed E-state index contributed by atoms with van der Waals surface area (Å²) in [4.78, 5) is 4.51. The molecule has 0 amide bonds. The minimum Gasteiger partial charge on any atom is -0.477 e. The van der Waals surface area contributed by atoms with Crippen molar-refractivity contribution in [2.24, 2.45) is 0 Å². The van der Waals surface area contributed by atoms with E-state index in [-0.39, 0.29) is 6.10 Å². The number of nitrogens with one attached hydrogen (secondary N) is 1. The van der Waals surface area contributed by atoms with Crippen LogP contribution in [0.3, 0.4) is 0 Å². The molecular formula is C15H11BrN2O2. The lowest BCUT2D eigenvalue weighted by molar-refractivity contribution is 0.177. The molecule has 2 aromatic carbocycles. The number of para-hydroxylation sites is 3. The van der Waals surface area contributed by atoms with Crippen LogP contribution in [0.4, 0.5) is 5.69 Å². The van der Waals surface area contributed by atoms with Crippen LogP contribution in [0.5, 0.6) is 5.75 Å². The number of oxazole rings is 1. The number of hydrogen-bond acceptors (Lipinski definition) is 4. The van der Waals surface area contributed by atoms with Gasteiger partial charge in [0.1, 0.15) is 11.3 Å². The van der Waals surface area contributed by atoms with E-state index in [9.17, 15) is 0 Å². The van der Waals surface area contributed by atoms with E-state index in [1.165, 1.54) is 0 Å². The van der Waals surface area contributed by atoms with E-state index in [0.717, 1.165) is 27.0 Å². The van der Waals surface area contributed by atoms with Crippen molar-refractivity contribution in [1.29, 1.82) is 0 Å². The number of benzene rings is 2. The maximum Gasteiger partial charge on any atom is 0.238 e. The molecule has 0 saturated carbocycles. The van der Waals surface area contributed by atoms with E-state index in [1.807, 2.05) is 42.5 Å². The van der Waals surface area contributed by atoms with Gasteiger partial charge in [0.05, 0.1) is 16.7 Å². The summed E-state index contributed by atoms with van der Waals surface area (Å²) in [5.41, 5.74) is 2.59. The summed E-state index contributed by atoms with van der Waals surface area (Å²) < 4.78 is 12.7. The summed E-state index contributed by atoms with van der Waals surface area (Å²) in [7, 11) is 0. The van der Waals surface area contributed by atoms with Gasteiger partial charge >= 0.3 is 0 Å². The second-order valence-electron chi connectivity index (χ2n) is 4.62. The maximum absolute atomic E-state index is 5.95. The summed E-state index contributed by atoms with van der Waals surface area (Å²) in [6, 6.07) is 13.7. The van der Waals surface area contributed by atoms with Crippen molar-refractivity contribution in [1.82, 2.24) is 4.98 Å². The molecule has 1 unspecified atom stereocenters. The molecule has 1 aliphatic heterocycles. The van der Waals surface area contributed by atoms with Gasteiger partial charge < -0.3 is 14.5 Å². The molecule has 1 atom stereocenters. The van der Waals surface area contributed by atoms with Crippen LogP contribution in [-0.4, -0.2) is 11.5 Å². The summed E-state index contributed by atoms with van der Waals surface area (Å²) >= 11 is 3.47. The molecule has 5 heteroatoms. The van der Waals surface area contributed by atoms with Gasteiger partial charge in [0.2, 0.25) is 5.89 Å². The number of hydrogen-bond donors (Lipinski definition) is 1. The number of halogens is 1. The first-order valence-corrected chi connectivity index (χ1v) is 7.15. The van der Waals surface area contributed by atoms with E-state index in [1.54, 1.807) is 0 Å². The first kappa shape index (κ1) is 11.8. The summed E-state index contributed by atoms with van der Waals surface area (Å²) in [5.74, 6) is 1.42. The third-order valence-corrected chi connectivity index (χ3v) is 3.92. The van der Waals surface area contributed by atoms with Gasteiger partial charge in [0, 0.05) is 0 Å². The number of rotatable bonds is 1. The van der Waals surface area contributed by atoms with Gasteiger partial charge in [0.15, 0.2) is 11.7 Å². The molecule has 0 radical (unpaired) electrons. The second-order valence-corrected chi connectivity index (χ2v) is 5.48. The number of fused-ring (bicyclic) bond motifs is 2. The van der Waals surface area contributed by atoms with Crippen LogP contribution >= 0.6 is 15.9 Å². The average molecular weight is 331 g/mol. The van der Waals surface area contributed by atoms with Crippen LogP contribution in [0, 0.1) is 0 Å². The number of nitrogens with zero attached hydrogens (tertiary/aromatic N) is 1. The van der Waals surface area contributed by atoms with Crippen LogP contribution in [-0.2, 0) is 0 Å². The highest BCUT2D eigenvalue weighted by Gasteiger charge is 2.25. The third kappa shape index (κ3) is 1.86. The third-order valence-electron chi connectivity index (χ3n) is 3.29. The van der Waals surface area contributed by atoms with Crippen LogP contribution in [0.1, 0.15) is 12.0 Å². The monoisotopic (exact) mass is 330 g/mol. The van der Waals surface area contributed by atoms with Gasteiger partial charge in [0.25, 0.3) is 0 Å². The van der Waals surface area contributed by atoms with Gasteiger partial charge in [-0.05, 0) is 40.2 Å². The normalized spacial score (nSPS) is 17.4. The van der Waals surface area contributed by atoms with Gasteiger partial charge in [-0.25, -0.2) is 4.98 Å². The maximum atomic E-state index is 5.95. The van der Waals surface area contributed by atoms with Crippen LogP contribution in [0.2, 0.25) is 0 Å². The van der Waals surface area contributed by atoms with E-state index >= 15 is 0 Å². The highest BCUT2D eigenvalue weighted by Crippen LogP contribution is 2.35. The zero-order valence-corrected chi connectivity index (χ0v) is 12.1. The molecular weight excluding hydrogens is 320 g/mol. The average Bonchev–Trinajstić information content (AvgIpc) is 2.92. The molecule has 4 nitrogen and oxygen atoms in total. The lowest BCUT2D eigenvalue weighted by Gasteiger charge is -2.25. The van der Waals surface area contributed by atoms with Crippen LogP contribution < -0.4 is 10.1 Å². The first-order chi connectivity index (χ1) is 9.81. The molecule has 0 aliphatic carbocycles. The van der Waals surface area contributed by atoms with E-state index in [0.29, 0.717) is 12.4 Å². The highest BCUT2D eigenvalue weighted by molar-refractivity contribution is 9.10. The Morgan fingerprint density at radius 1 is 1.15 bits per heavy atom. The van der Waals surface area contributed by atoms with Crippen molar-refractivity contribution in [2.45, 2.75) is 6.10 Å². The zero-order valence-electron chi connectivity index (χ0n) is 10.5. The van der Waals surface area contributed by atoms with Crippen molar-refractivity contribution in [2.75, 3.05) is 11.9 Å². The van der Waals surface area contributed by atoms with Crippen molar-refractivity contribution >= 4 is 32.7 Å². The Morgan fingerprint density at radius 3 is 2.95 bits per heavy atom. The first-order valence-electron chi connectivity index (χ1n) is 6.36. The summed E-state index contributed by atoms with van der Waals surface area (Å²) in [5, 5.41) is 3.33.